The molecule has 8 nitrogen and oxygen atoms in total. The number of anilines is 1. The number of aromatic nitrogens is 1. The van der Waals surface area contributed by atoms with E-state index in [2.05, 4.69) is 4.98 Å². The third kappa shape index (κ3) is 2.15. The highest BCUT2D eigenvalue weighted by Crippen LogP contribution is 2.42. The van der Waals surface area contributed by atoms with Crippen molar-refractivity contribution < 1.29 is 28.6 Å². The highest BCUT2D eigenvalue weighted by molar-refractivity contribution is 5.87. The molecule has 0 radical (unpaired) electrons. The summed E-state index contributed by atoms with van der Waals surface area (Å²) in [6.07, 6.45) is 1.23. The number of fused-ring (bicyclic) bond motifs is 1. The number of ether oxygens (including phenoxy) is 2. The van der Waals surface area contributed by atoms with E-state index in [1.807, 2.05) is 0 Å². The topological polar surface area (TPSA) is 102 Å². The van der Waals surface area contributed by atoms with Gasteiger partial charge in [-0.15, -0.1) is 0 Å². The fraction of sp³-hybridized carbons (Fsp3) is 0.615. The van der Waals surface area contributed by atoms with Crippen molar-refractivity contribution in [1.29, 1.82) is 0 Å². The summed E-state index contributed by atoms with van der Waals surface area (Å²) in [7, 11) is 0. The standard InChI is InChI=1S/C13H16N2O6/c1-2-20-10(16)9-5-21-12(14-9)15-3-8-4-19-7-13(8,6-15)11(17)18/h5,8H,2-4,6-7H2,1H3,(H,17,18)/t8-,13-/m1/s1. The van der Waals surface area contributed by atoms with Gasteiger partial charge in [-0.25, -0.2) is 4.79 Å². The van der Waals surface area contributed by atoms with Crippen molar-refractivity contribution in [3.63, 3.8) is 0 Å². The first-order valence-electron chi connectivity index (χ1n) is 6.75. The maximum atomic E-state index is 11.6. The van der Waals surface area contributed by atoms with Gasteiger partial charge < -0.3 is 23.9 Å². The van der Waals surface area contributed by atoms with Gasteiger partial charge in [0.25, 0.3) is 6.01 Å². The molecule has 2 aliphatic rings. The van der Waals surface area contributed by atoms with Crippen molar-refractivity contribution in [2.75, 3.05) is 37.8 Å². The van der Waals surface area contributed by atoms with Gasteiger partial charge in [0.15, 0.2) is 5.69 Å². The van der Waals surface area contributed by atoms with Gasteiger partial charge >= 0.3 is 11.9 Å². The summed E-state index contributed by atoms with van der Waals surface area (Å²) >= 11 is 0. The lowest BCUT2D eigenvalue weighted by Gasteiger charge is -2.20. The van der Waals surface area contributed by atoms with E-state index in [1.54, 1.807) is 11.8 Å². The zero-order valence-corrected chi connectivity index (χ0v) is 11.6. The minimum atomic E-state index is -0.918. The number of oxazole rings is 1. The molecule has 3 rings (SSSR count). The second kappa shape index (κ2) is 5.03. The normalized spacial score (nSPS) is 27.7. The summed E-state index contributed by atoms with van der Waals surface area (Å²) in [6, 6.07) is 0.244. The molecule has 3 heterocycles. The van der Waals surface area contributed by atoms with Gasteiger partial charge in [-0.1, -0.05) is 0 Å². The van der Waals surface area contributed by atoms with Crippen LogP contribution >= 0.6 is 0 Å². The number of nitrogens with zero attached hydrogens (tertiary/aromatic N) is 2. The van der Waals surface area contributed by atoms with Crippen LogP contribution in [-0.2, 0) is 14.3 Å². The average molecular weight is 296 g/mol. The molecule has 0 unspecified atom stereocenters. The Morgan fingerprint density at radius 1 is 1.62 bits per heavy atom. The summed E-state index contributed by atoms with van der Waals surface area (Å²) in [4.78, 5) is 28.9. The van der Waals surface area contributed by atoms with Crippen molar-refractivity contribution in [2.24, 2.45) is 11.3 Å². The van der Waals surface area contributed by atoms with Crippen LogP contribution in [0.15, 0.2) is 10.7 Å². The first kappa shape index (κ1) is 13.9. The van der Waals surface area contributed by atoms with Crippen LogP contribution in [0.1, 0.15) is 17.4 Å². The Bertz CT molecular complexity index is 571. The maximum Gasteiger partial charge on any atom is 0.360 e. The zero-order valence-electron chi connectivity index (χ0n) is 11.6. The second-order valence-corrected chi connectivity index (χ2v) is 5.29. The number of carboxylic acids is 1. The molecular weight excluding hydrogens is 280 g/mol. The SMILES string of the molecule is CCOC(=O)c1coc(N2C[C@@H]3COC[C@]3(C(=O)O)C2)n1. The molecule has 2 fully saturated rings. The van der Waals surface area contributed by atoms with E-state index in [9.17, 15) is 14.7 Å². The molecule has 0 bridgehead atoms. The van der Waals surface area contributed by atoms with Crippen LogP contribution in [0.2, 0.25) is 0 Å². The molecule has 8 heteroatoms. The molecule has 0 saturated carbocycles. The first-order chi connectivity index (χ1) is 10.1. The number of esters is 1. The van der Waals surface area contributed by atoms with Crippen molar-refractivity contribution in [3.05, 3.63) is 12.0 Å². The Balaban J connectivity index is 1.78. The molecule has 1 aromatic rings. The third-order valence-electron chi connectivity index (χ3n) is 4.05. The Labute approximate surface area is 120 Å². The van der Waals surface area contributed by atoms with E-state index in [-0.39, 0.29) is 37.4 Å². The molecule has 0 spiro atoms. The smallest absolute Gasteiger partial charge is 0.360 e. The molecule has 114 valence electrons. The molecule has 1 N–H and O–H groups in total. The van der Waals surface area contributed by atoms with Crippen LogP contribution in [0, 0.1) is 11.3 Å². The minimum Gasteiger partial charge on any atom is -0.481 e. The Hall–Kier alpha value is -2.09. The summed E-state index contributed by atoms with van der Waals surface area (Å²) < 4.78 is 15.4. The van der Waals surface area contributed by atoms with Crippen molar-refractivity contribution in [1.82, 2.24) is 4.98 Å². The number of hydrogen-bond donors (Lipinski definition) is 1. The van der Waals surface area contributed by atoms with Gasteiger partial charge in [0.2, 0.25) is 0 Å². The predicted octanol–water partition coefficient (Wildman–Crippen LogP) is 0.389. The fourth-order valence-corrected chi connectivity index (χ4v) is 2.89. The molecule has 0 aromatic carbocycles. The van der Waals surface area contributed by atoms with Gasteiger partial charge in [0.1, 0.15) is 11.7 Å². The molecule has 1 aromatic heterocycles. The minimum absolute atomic E-state index is 0.0875. The molecule has 2 saturated heterocycles. The highest BCUT2D eigenvalue weighted by Gasteiger charge is 2.57. The zero-order chi connectivity index (χ0) is 15.0. The number of carboxylic acid groups (broad SMARTS) is 1. The Morgan fingerprint density at radius 3 is 3.10 bits per heavy atom. The average Bonchev–Trinajstić information content (AvgIpc) is 3.12. The van der Waals surface area contributed by atoms with Crippen LogP contribution in [0.5, 0.6) is 0 Å². The molecule has 2 atom stereocenters. The predicted molar refractivity (Wildman–Crippen MR) is 69.1 cm³/mol. The number of carbonyl (C=O) groups is 2. The van der Waals surface area contributed by atoms with Crippen molar-refractivity contribution in [2.45, 2.75) is 6.92 Å². The van der Waals surface area contributed by atoms with Gasteiger partial charge in [-0.05, 0) is 6.92 Å². The van der Waals surface area contributed by atoms with Crippen LogP contribution in [-0.4, -0.2) is 54.9 Å². The molecule has 0 aliphatic carbocycles. The molecule has 0 amide bonds. The summed E-state index contributed by atoms with van der Waals surface area (Å²) in [6.45, 7) is 3.30. The highest BCUT2D eigenvalue weighted by atomic mass is 16.5. The van der Waals surface area contributed by atoms with E-state index in [0.29, 0.717) is 13.2 Å². The fourth-order valence-electron chi connectivity index (χ4n) is 2.89. The Morgan fingerprint density at radius 2 is 2.43 bits per heavy atom. The second-order valence-electron chi connectivity index (χ2n) is 5.29. The van der Waals surface area contributed by atoms with E-state index >= 15 is 0 Å². The van der Waals surface area contributed by atoms with E-state index in [4.69, 9.17) is 13.9 Å². The lowest BCUT2D eigenvalue weighted by Crippen LogP contribution is -2.39. The third-order valence-corrected chi connectivity index (χ3v) is 4.05. The van der Waals surface area contributed by atoms with E-state index in [0.717, 1.165) is 0 Å². The maximum absolute atomic E-state index is 11.6. The molecule has 2 aliphatic heterocycles. The van der Waals surface area contributed by atoms with Crippen LogP contribution in [0.4, 0.5) is 6.01 Å². The number of aliphatic carboxylic acids is 1. The van der Waals surface area contributed by atoms with Gasteiger partial charge in [-0.2, -0.15) is 4.98 Å². The molecular formula is C13H16N2O6. The summed E-state index contributed by atoms with van der Waals surface area (Å²) in [5.74, 6) is -1.53. The summed E-state index contributed by atoms with van der Waals surface area (Å²) in [5.41, 5.74) is -0.831. The van der Waals surface area contributed by atoms with Crippen LogP contribution < -0.4 is 4.90 Å². The number of rotatable bonds is 4. The summed E-state index contributed by atoms with van der Waals surface area (Å²) in [5, 5.41) is 9.47. The van der Waals surface area contributed by atoms with E-state index in [1.165, 1.54) is 6.26 Å². The van der Waals surface area contributed by atoms with Gasteiger partial charge in [0, 0.05) is 19.0 Å². The number of carbonyl (C=O) groups excluding carboxylic acids is 1. The van der Waals surface area contributed by atoms with E-state index < -0.39 is 17.4 Å². The Kier molecular flexibility index (Phi) is 3.32. The molecule has 21 heavy (non-hydrogen) atoms. The van der Waals surface area contributed by atoms with Crippen LogP contribution in [0.3, 0.4) is 0 Å². The first-order valence-corrected chi connectivity index (χ1v) is 6.75. The van der Waals surface area contributed by atoms with Crippen molar-refractivity contribution >= 4 is 18.0 Å². The lowest BCUT2D eigenvalue weighted by molar-refractivity contribution is -0.149. The largest absolute Gasteiger partial charge is 0.481 e. The van der Waals surface area contributed by atoms with Gasteiger partial charge in [-0.3, -0.25) is 4.79 Å². The monoisotopic (exact) mass is 296 g/mol. The quantitative estimate of drug-likeness (QED) is 0.796. The van der Waals surface area contributed by atoms with Gasteiger partial charge in [0.05, 0.1) is 19.8 Å². The lowest BCUT2D eigenvalue weighted by atomic mass is 9.81. The van der Waals surface area contributed by atoms with Crippen LogP contribution in [0.25, 0.3) is 0 Å². The van der Waals surface area contributed by atoms with Crippen molar-refractivity contribution in [3.8, 4) is 0 Å². The number of hydrogen-bond acceptors (Lipinski definition) is 7.